The standard InChI is InChI=1S/C12H9ClN4/c1-17(8-14)12-15-6-10(7-16-12)9-2-4-11(13)5-3-9/h2-7H,1H3. The van der Waals surface area contributed by atoms with Crippen molar-refractivity contribution in [3.05, 3.63) is 41.7 Å². The molecule has 1 aromatic carbocycles. The van der Waals surface area contributed by atoms with Crippen molar-refractivity contribution in [3.8, 4) is 17.3 Å². The van der Waals surface area contributed by atoms with E-state index in [0.717, 1.165) is 11.1 Å². The summed E-state index contributed by atoms with van der Waals surface area (Å²) in [6.45, 7) is 0. The zero-order chi connectivity index (χ0) is 12.3. The minimum atomic E-state index is 0.380. The van der Waals surface area contributed by atoms with E-state index in [2.05, 4.69) is 9.97 Å². The summed E-state index contributed by atoms with van der Waals surface area (Å²) in [7, 11) is 1.61. The molecule has 0 atom stereocenters. The highest BCUT2D eigenvalue weighted by Gasteiger charge is 2.03. The molecule has 4 nitrogen and oxygen atoms in total. The molecule has 2 aromatic rings. The molecule has 0 saturated heterocycles. The molecule has 0 aliphatic rings. The Balaban J connectivity index is 2.30. The van der Waals surface area contributed by atoms with Crippen LogP contribution < -0.4 is 4.90 Å². The Labute approximate surface area is 104 Å². The van der Waals surface area contributed by atoms with Crippen molar-refractivity contribution in [1.82, 2.24) is 9.97 Å². The monoisotopic (exact) mass is 244 g/mol. The van der Waals surface area contributed by atoms with Crippen LogP contribution in [0.1, 0.15) is 0 Å². The van der Waals surface area contributed by atoms with E-state index in [-0.39, 0.29) is 0 Å². The lowest BCUT2D eigenvalue weighted by atomic mass is 10.1. The molecule has 0 fully saturated rings. The predicted molar refractivity (Wildman–Crippen MR) is 66.5 cm³/mol. The number of nitriles is 1. The van der Waals surface area contributed by atoms with Crippen molar-refractivity contribution in [2.45, 2.75) is 0 Å². The summed E-state index contributed by atoms with van der Waals surface area (Å²) in [5.74, 6) is 0.380. The Bertz CT molecular complexity index is 542. The fourth-order valence-electron chi connectivity index (χ4n) is 1.33. The first-order chi connectivity index (χ1) is 8.20. The first-order valence-electron chi connectivity index (χ1n) is 4.92. The highest BCUT2D eigenvalue weighted by molar-refractivity contribution is 6.30. The quantitative estimate of drug-likeness (QED) is 0.602. The average Bonchev–Trinajstić information content (AvgIpc) is 2.39. The Morgan fingerprint density at radius 2 is 1.71 bits per heavy atom. The highest BCUT2D eigenvalue weighted by atomic mass is 35.5. The molecule has 17 heavy (non-hydrogen) atoms. The average molecular weight is 245 g/mol. The SMILES string of the molecule is CN(C#N)c1ncc(-c2ccc(Cl)cc2)cn1. The summed E-state index contributed by atoms with van der Waals surface area (Å²) in [5.41, 5.74) is 1.87. The number of hydrogen-bond donors (Lipinski definition) is 0. The van der Waals surface area contributed by atoms with E-state index in [0.29, 0.717) is 11.0 Å². The van der Waals surface area contributed by atoms with Gasteiger partial charge in [-0.3, -0.25) is 4.90 Å². The third-order valence-corrected chi connectivity index (χ3v) is 2.52. The van der Waals surface area contributed by atoms with Gasteiger partial charge in [-0.2, -0.15) is 5.26 Å². The van der Waals surface area contributed by atoms with E-state index in [4.69, 9.17) is 16.9 Å². The molecule has 0 unspecified atom stereocenters. The van der Waals surface area contributed by atoms with Gasteiger partial charge in [-0.1, -0.05) is 23.7 Å². The third-order valence-electron chi connectivity index (χ3n) is 2.27. The van der Waals surface area contributed by atoms with Crippen LogP contribution in [-0.4, -0.2) is 17.0 Å². The summed E-state index contributed by atoms with van der Waals surface area (Å²) in [6.07, 6.45) is 5.30. The number of nitrogens with zero attached hydrogens (tertiary/aromatic N) is 4. The van der Waals surface area contributed by atoms with Crippen molar-refractivity contribution >= 4 is 17.5 Å². The first kappa shape index (κ1) is 11.4. The summed E-state index contributed by atoms with van der Waals surface area (Å²) >= 11 is 5.81. The summed E-state index contributed by atoms with van der Waals surface area (Å²) in [6, 6.07) is 7.42. The van der Waals surface area contributed by atoms with Gasteiger partial charge in [0.25, 0.3) is 0 Å². The molecular formula is C12H9ClN4. The van der Waals surface area contributed by atoms with Gasteiger partial charge in [0.1, 0.15) is 0 Å². The van der Waals surface area contributed by atoms with E-state index in [1.54, 1.807) is 19.4 Å². The number of halogens is 1. The maximum atomic E-state index is 8.69. The molecule has 0 saturated carbocycles. The van der Waals surface area contributed by atoms with Crippen LogP contribution >= 0.6 is 11.6 Å². The van der Waals surface area contributed by atoms with Gasteiger partial charge in [-0.15, -0.1) is 0 Å². The lowest BCUT2D eigenvalue weighted by Gasteiger charge is -2.06. The number of aromatic nitrogens is 2. The molecule has 0 aliphatic carbocycles. The van der Waals surface area contributed by atoms with E-state index < -0.39 is 0 Å². The van der Waals surface area contributed by atoms with Crippen molar-refractivity contribution in [1.29, 1.82) is 5.26 Å². The lowest BCUT2D eigenvalue weighted by molar-refractivity contribution is 1.05. The molecule has 0 N–H and O–H groups in total. The van der Waals surface area contributed by atoms with Crippen molar-refractivity contribution in [2.24, 2.45) is 0 Å². The summed E-state index contributed by atoms with van der Waals surface area (Å²) in [4.78, 5) is 9.51. The van der Waals surface area contributed by atoms with E-state index in [1.807, 2.05) is 30.5 Å². The van der Waals surface area contributed by atoms with Gasteiger partial charge in [0.15, 0.2) is 6.19 Å². The molecular weight excluding hydrogens is 236 g/mol. The third kappa shape index (κ3) is 2.52. The van der Waals surface area contributed by atoms with Gasteiger partial charge in [0.05, 0.1) is 0 Å². The zero-order valence-corrected chi connectivity index (χ0v) is 9.89. The lowest BCUT2D eigenvalue weighted by Crippen LogP contribution is -2.11. The molecule has 0 amide bonds. The Hall–Kier alpha value is -2.12. The van der Waals surface area contributed by atoms with Gasteiger partial charge < -0.3 is 0 Å². The first-order valence-corrected chi connectivity index (χ1v) is 5.30. The smallest absolute Gasteiger partial charge is 0.238 e. The minimum Gasteiger partial charge on any atom is -0.250 e. The zero-order valence-electron chi connectivity index (χ0n) is 9.13. The van der Waals surface area contributed by atoms with Crippen LogP contribution in [-0.2, 0) is 0 Å². The molecule has 0 bridgehead atoms. The Morgan fingerprint density at radius 3 is 2.24 bits per heavy atom. The van der Waals surface area contributed by atoms with Crippen molar-refractivity contribution < 1.29 is 0 Å². The van der Waals surface area contributed by atoms with Crippen LogP contribution in [0, 0.1) is 11.5 Å². The summed E-state index contributed by atoms with van der Waals surface area (Å²) in [5, 5.41) is 9.38. The van der Waals surface area contributed by atoms with Crippen LogP contribution in [0.15, 0.2) is 36.7 Å². The molecule has 1 aromatic heterocycles. The Kier molecular flexibility index (Phi) is 3.22. The second-order valence-electron chi connectivity index (χ2n) is 3.44. The normalized spacial score (nSPS) is 9.71. The second kappa shape index (κ2) is 4.81. The van der Waals surface area contributed by atoms with Gasteiger partial charge >= 0.3 is 0 Å². The number of anilines is 1. The topological polar surface area (TPSA) is 52.8 Å². The summed E-state index contributed by atoms with van der Waals surface area (Å²) < 4.78 is 0. The highest BCUT2D eigenvalue weighted by Crippen LogP contribution is 2.20. The fraction of sp³-hybridized carbons (Fsp3) is 0.0833. The molecule has 5 heteroatoms. The van der Waals surface area contributed by atoms with Crippen molar-refractivity contribution in [2.75, 3.05) is 11.9 Å². The molecule has 0 aliphatic heterocycles. The van der Waals surface area contributed by atoms with Gasteiger partial charge in [0, 0.05) is 30.0 Å². The molecule has 0 radical (unpaired) electrons. The predicted octanol–water partition coefficient (Wildman–Crippen LogP) is 2.71. The van der Waals surface area contributed by atoms with Gasteiger partial charge in [-0.25, -0.2) is 9.97 Å². The fourth-order valence-corrected chi connectivity index (χ4v) is 1.46. The number of benzene rings is 1. The minimum absolute atomic E-state index is 0.380. The Morgan fingerprint density at radius 1 is 1.12 bits per heavy atom. The second-order valence-corrected chi connectivity index (χ2v) is 3.87. The van der Waals surface area contributed by atoms with Gasteiger partial charge in [0.2, 0.25) is 5.95 Å². The van der Waals surface area contributed by atoms with Crippen LogP contribution in [0.25, 0.3) is 11.1 Å². The van der Waals surface area contributed by atoms with E-state index in [1.165, 1.54) is 4.90 Å². The maximum Gasteiger partial charge on any atom is 0.238 e. The van der Waals surface area contributed by atoms with E-state index >= 15 is 0 Å². The van der Waals surface area contributed by atoms with Crippen molar-refractivity contribution in [3.63, 3.8) is 0 Å². The maximum absolute atomic E-state index is 8.69. The van der Waals surface area contributed by atoms with Gasteiger partial charge in [-0.05, 0) is 17.7 Å². The van der Waals surface area contributed by atoms with Crippen LogP contribution in [0.3, 0.4) is 0 Å². The van der Waals surface area contributed by atoms with Crippen LogP contribution in [0.5, 0.6) is 0 Å². The largest absolute Gasteiger partial charge is 0.250 e. The van der Waals surface area contributed by atoms with E-state index in [9.17, 15) is 0 Å². The van der Waals surface area contributed by atoms with Crippen LogP contribution in [0.4, 0.5) is 5.95 Å². The van der Waals surface area contributed by atoms with Crippen LogP contribution in [0.2, 0.25) is 5.02 Å². The molecule has 0 spiro atoms. The molecule has 1 heterocycles. The number of rotatable bonds is 2. The molecule has 2 rings (SSSR count). The molecule has 84 valence electrons. The number of hydrogen-bond acceptors (Lipinski definition) is 4.